The Kier molecular flexibility index (Phi) is 4.58. The van der Waals surface area contributed by atoms with E-state index in [1.807, 2.05) is 42.5 Å². The molecule has 23 heavy (non-hydrogen) atoms. The number of amides is 1. The number of nitrogens with zero attached hydrogens (tertiary/aromatic N) is 3. The second-order valence-corrected chi connectivity index (χ2v) is 5.25. The number of methoxy groups -OCH3 is 1. The van der Waals surface area contributed by atoms with E-state index in [9.17, 15) is 4.79 Å². The first-order chi connectivity index (χ1) is 11.3. The van der Waals surface area contributed by atoms with Gasteiger partial charge in [-0.1, -0.05) is 24.3 Å². The summed E-state index contributed by atoms with van der Waals surface area (Å²) in [4.78, 5) is 16.7. The number of rotatable bonds is 5. The summed E-state index contributed by atoms with van der Waals surface area (Å²) in [6, 6.07) is 12.6. The molecule has 7 heteroatoms. The van der Waals surface area contributed by atoms with Crippen LogP contribution in [0.25, 0.3) is 0 Å². The van der Waals surface area contributed by atoms with Gasteiger partial charge in [0, 0.05) is 11.8 Å². The van der Waals surface area contributed by atoms with Crippen LogP contribution >= 0.6 is 11.7 Å². The summed E-state index contributed by atoms with van der Waals surface area (Å²) < 4.78 is 13.2. The Morgan fingerprint density at radius 2 is 2.04 bits per heavy atom. The minimum atomic E-state index is -0.443. The van der Waals surface area contributed by atoms with Crippen molar-refractivity contribution in [1.82, 2.24) is 19.0 Å². The first-order valence-electron chi connectivity index (χ1n) is 6.92. The lowest BCUT2D eigenvalue weighted by atomic mass is 10.0. The highest BCUT2D eigenvalue weighted by molar-refractivity contribution is 6.99. The topological polar surface area (TPSA) is 77.0 Å². The molecule has 6 nitrogen and oxygen atoms in total. The van der Waals surface area contributed by atoms with E-state index >= 15 is 0 Å². The quantitative estimate of drug-likeness (QED) is 0.779. The van der Waals surface area contributed by atoms with Crippen molar-refractivity contribution in [2.75, 3.05) is 7.11 Å². The minimum Gasteiger partial charge on any atom is -0.496 e. The number of benzene rings is 1. The van der Waals surface area contributed by atoms with E-state index in [1.54, 1.807) is 13.3 Å². The van der Waals surface area contributed by atoms with Crippen LogP contribution in [0.5, 0.6) is 5.75 Å². The van der Waals surface area contributed by atoms with E-state index in [0.29, 0.717) is 11.4 Å². The lowest BCUT2D eigenvalue weighted by Gasteiger charge is -2.20. The van der Waals surface area contributed by atoms with Gasteiger partial charge >= 0.3 is 0 Å². The fourth-order valence-corrected chi connectivity index (χ4v) is 2.64. The molecule has 1 aromatic carbocycles. The van der Waals surface area contributed by atoms with Crippen molar-refractivity contribution >= 4 is 17.6 Å². The van der Waals surface area contributed by atoms with Crippen molar-refractivity contribution in [2.45, 2.75) is 6.04 Å². The summed E-state index contributed by atoms with van der Waals surface area (Å²) in [5.74, 6) is 0.375. The van der Waals surface area contributed by atoms with E-state index in [4.69, 9.17) is 4.74 Å². The lowest BCUT2D eigenvalue weighted by molar-refractivity contribution is 0.0938. The van der Waals surface area contributed by atoms with Crippen LogP contribution in [0.15, 0.2) is 54.9 Å². The number of pyridine rings is 1. The molecule has 0 aliphatic carbocycles. The van der Waals surface area contributed by atoms with Crippen molar-refractivity contribution < 1.29 is 9.53 Å². The third kappa shape index (κ3) is 3.35. The standard InChI is InChI=1S/C16H14N4O2S/c1-22-14-8-3-2-6-11(14)15(12-7-4-5-9-17-12)19-16(21)13-10-18-23-20-13/h2-10,15H,1H3,(H,19,21). The number of ether oxygens (including phenoxy) is 1. The average molecular weight is 326 g/mol. The van der Waals surface area contributed by atoms with Gasteiger partial charge in [0.15, 0.2) is 5.69 Å². The summed E-state index contributed by atoms with van der Waals surface area (Å²) in [6.45, 7) is 0. The zero-order valence-electron chi connectivity index (χ0n) is 12.3. The van der Waals surface area contributed by atoms with Gasteiger partial charge in [-0.05, 0) is 18.2 Å². The first-order valence-corrected chi connectivity index (χ1v) is 7.65. The molecule has 1 unspecified atom stereocenters. The summed E-state index contributed by atoms with van der Waals surface area (Å²) in [5.41, 5.74) is 1.82. The molecule has 0 saturated carbocycles. The molecule has 1 amide bonds. The number of nitrogens with one attached hydrogen (secondary N) is 1. The normalized spacial score (nSPS) is 11.7. The smallest absolute Gasteiger partial charge is 0.273 e. The van der Waals surface area contributed by atoms with Gasteiger partial charge in [-0.2, -0.15) is 8.75 Å². The first kappa shape index (κ1) is 15.1. The highest BCUT2D eigenvalue weighted by Gasteiger charge is 2.22. The predicted molar refractivity (Wildman–Crippen MR) is 86.4 cm³/mol. The number of aromatic nitrogens is 3. The van der Waals surface area contributed by atoms with E-state index in [1.165, 1.54) is 6.20 Å². The molecule has 0 radical (unpaired) electrons. The van der Waals surface area contributed by atoms with Crippen LogP contribution in [0.2, 0.25) is 0 Å². The maximum absolute atomic E-state index is 12.4. The van der Waals surface area contributed by atoms with Crippen molar-refractivity contribution in [3.63, 3.8) is 0 Å². The van der Waals surface area contributed by atoms with E-state index in [-0.39, 0.29) is 11.6 Å². The summed E-state index contributed by atoms with van der Waals surface area (Å²) in [5, 5.41) is 2.95. The molecule has 0 aliphatic rings. The van der Waals surface area contributed by atoms with E-state index < -0.39 is 6.04 Å². The predicted octanol–water partition coefficient (Wildman–Crippen LogP) is 2.46. The molecule has 3 rings (SSSR count). The van der Waals surface area contributed by atoms with E-state index in [2.05, 4.69) is 19.0 Å². The fourth-order valence-electron chi connectivity index (χ4n) is 2.23. The molecule has 0 spiro atoms. The third-order valence-electron chi connectivity index (χ3n) is 3.30. The van der Waals surface area contributed by atoms with Gasteiger partial charge in [-0.3, -0.25) is 9.78 Å². The number of para-hydroxylation sites is 1. The SMILES string of the molecule is COc1ccccc1C(NC(=O)c1cnsn1)c1ccccn1. The van der Waals surface area contributed by atoms with Gasteiger partial charge in [0.05, 0.1) is 30.7 Å². The Bertz CT molecular complexity index is 778. The van der Waals surface area contributed by atoms with Crippen LogP contribution in [0.1, 0.15) is 27.8 Å². The van der Waals surface area contributed by atoms with Crippen LogP contribution in [0.4, 0.5) is 0 Å². The van der Waals surface area contributed by atoms with Crippen molar-refractivity contribution in [2.24, 2.45) is 0 Å². The highest BCUT2D eigenvalue weighted by atomic mass is 32.1. The van der Waals surface area contributed by atoms with Crippen LogP contribution in [-0.4, -0.2) is 26.7 Å². The second-order valence-electron chi connectivity index (χ2n) is 4.70. The molecule has 0 aliphatic heterocycles. The highest BCUT2D eigenvalue weighted by Crippen LogP contribution is 2.29. The van der Waals surface area contributed by atoms with Gasteiger partial charge < -0.3 is 10.1 Å². The summed E-state index contributed by atoms with van der Waals surface area (Å²) in [6.07, 6.45) is 3.13. The van der Waals surface area contributed by atoms with Crippen LogP contribution < -0.4 is 10.1 Å². The molecular weight excluding hydrogens is 312 g/mol. The molecule has 0 saturated heterocycles. The summed E-state index contributed by atoms with van der Waals surface area (Å²) in [7, 11) is 1.60. The second kappa shape index (κ2) is 6.97. The van der Waals surface area contributed by atoms with Crippen molar-refractivity contribution in [3.05, 3.63) is 71.8 Å². The Labute approximate surface area is 137 Å². The van der Waals surface area contributed by atoms with Gasteiger partial charge in [0.1, 0.15) is 11.8 Å². The van der Waals surface area contributed by atoms with Crippen LogP contribution in [-0.2, 0) is 0 Å². The van der Waals surface area contributed by atoms with E-state index in [0.717, 1.165) is 17.3 Å². The average Bonchev–Trinajstić information content (AvgIpc) is 3.15. The molecule has 1 atom stereocenters. The number of hydrogen-bond donors (Lipinski definition) is 1. The molecule has 0 bridgehead atoms. The van der Waals surface area contributed by atoms with Crippen LogP contribution in [0, 0.1) is 0 Å². The number of carbonyl (C=O) groups excluding carboxylic acids is 1. The zero-order valence-corrected chi connectivity index (χ0v) is 13.2. The maximum atomic E-state index is 12.4. The molecule has 0 fully saturated rings. The zero-order chi connectivity index (χ0) is 16.1. The Hall–Kier alpha value is -2.80. The Morgan fingerprint density at radius 3 is 2.74 bits per heavy atom. The lowest BCUT2D eigenvalue weighted by Crippen LogP contribution is -2.30. The molecular formula is C16H14N4O2S. The van der Waals surface area contributed by atoms with Crippen molar-refractivity contribution in [3.8, 4) is 5.75 Å². The maximum Gasteiger partial charge on any atom is 0.273 e. The van der Waals surface area contributed by atoms with Gasteiger partial charge in [-0.15, -0.1) is 0 Å². The minimum absolute atomic E-state index is 0.283. The molecule has 116 valence electrons. The van der Waals surface area contributed by atoms with Crippen LogP contribution in [0.3, 0.4) is 0 Å². The number of carbonyl (C=O) groups is 1. The monoisotopic (exact) mass is 326 g/mol. The third-order valence-corrected chi connectivity index (χ3v) is 3.78. The fraction of sp³-hybridized carbons (Fsp3) is 0.125. The van der Waals surface area contributed by atoms with Gasteiger partial charge in [-0.25, -0.2) is 0 Å². The largest absolute Gasteiger partial charge is 0.496 e. The van der Waals surface area contributed by atoms with Gasteiger partial charge in [0.2, 0.25) is 0 Å². The number of hydrogen-bond acceptors (Lipinski definition) is 6. The Balaban J connectivity index is 1.99. The molecule has 2 aromatic heterocycles. The molecule has 3 aromatic rings. The molecule has 2 heterocycles. The summed E-state index contributed by atoms with van der Waals surface area (Å²) >= 11 is 0.993. The molecule has 1 N–H and O–H groups in total. The Morgan fingerprint density at radius 1 is 1.22 bits per heavy atom. The van der Waals surface area contributed by atoms with Crippen molar-refractivity contribution in [1.29, 1.82) is 0 Å². The van der Waals surface area contributed by atoms with Gasteiger partial charge in [0.25, 0.3) is 5.91 Å².